The summed E-state index contributed by atoms with van der Waals surface area (Å²) in [6, 6.07) is 17.1. The van der Waals surface area contributed by atoms with Crippen molar-refractivity contribution in [1.82, 2.24) is 20.8 Å². The lowest BCUT2D eigenvalue weighted by Gasteiger charge is -2.05. The third-order valence-electron chi connectivity index (χ3n) is 4.24. The quantitative estimate of drug-likeness (QED) is 0.493. The van der Waals surface area contributed by atoms with Gasteiger partial charge < -0.3 is 4.42 Å². The molecule has 0 radical (unpaired) electrons. The van der Waals surface area contributed by atoms with E-state index in [0.717, 1.165) is 16.1 Å². The summed E-state index contributed by atoms with van der Waals surface area (Å²) in [5.41, 5.74) is 7.89. The average molecular weight is 406 g/mol. The molecule has 0 fully saturated rings. The van der Waals surface area contributed by atoms with Crippen molar-refractivity contribution in [3.8, 4) is 10.6 Å². The number of carbonyl (C=O) groups is 2. The van der Waals surface area contributed by atoms with Gasteiger partial charge in [-0.2, -0.15) is 0 Å². The van der Waals surface area contributed by atoms with E-state index in [4.69, 9.17) is 4.42 Å². The molecule has 2 aromatic heterocycles. The van der Waals surface area contributed by atoms with Crippen LogP contribution in [0.5, 0.6) is 0 Å². The molecule has 0 saturated heterocycles. The molecule has 7 nitrogen and oxygen atoms in total. The molecular weight excluding hydrogens is 388 g/mol. The van der Waals surface area contributed by atoms with Crippen LogP contribution in [-0.4, -0.2) is 21.8 Å². The monoisotopic (exact) mass is 406 g/mol. The van der Waals surface area contributed by atoms with Gasteiger partial charge in [0.25, 0.3) is 5.91 Å². The van der Waals surface area contributed by atoms with Crippen molar-refractivity contribution >= 4 is 34.3 Å². The number of amides is 2. The standard InChI is InChI=1S/C21H18N4O3S/c1-13-19(29-21(22-13)14-7-3-2-4-8-14)20(27)25-24-17(26)11-12-18-23-15-9-5-6-10-16(15)28-18/h2-10H,11-12H2,1H3,(H,24,26)(H,25,27). The van der Waals surface area contributed by atoms with Crippen LogP contribution >= 0.6 is 11.3 Å². The van der Waals surface area contributed by atoms with Gasteiger partial charge in [-0.05, 0) is 19.1 Å². The largest absolute Gasteiger partial charge is 0.441 e. The summed E-state index contributed by atoms with van der Waals surface area (Å²) in [5, 5.41) is 0.760. The molecule has 0 aliphatic rings. The maximum absolute atomic E-state index is 12.4. The highest BCUT2D eigenvalue weighted by Gasteiger charge is 2.17. The Morgan fingerprint density at radius 2 is 1.76 bits per heavy atom. The number of rotatable bonds is 5. The maximum Gasteiger partial charge on any atom is 0.281 e. The van der Waals surface area contributed by atoms with Gasteiger partial charge in [-0.15, -0.1) is 11.3 Å². The zero-order valence-corrected chi connectivity index (χ0v) is 16.5. The molecule has 0 bridgehead atoms. The van der Waals surface area contributed by atoms with E-state index in [0.29, 0.717) is 28.5 Å². The van der Waals surface area contributed by atoms with E-state index in [1.54, 1.807) is 6.92 Å². The zero-order chi connectivity index (χ0) is 20.2. The molecule has 0 aliphatic carbocycles. The van der Waals surface area contributed by atoms with Crippen molar-refractivity contribution in [3.05, 3.63) is 71.1 Å². The van der Waals surface area contributed by atoms with Crippen LogP contribution in [-0.2, 0) is 11.2 Å². The SMILES string of the molecule is Cc1nc(-c2ccccc2)sc1C(=O)NNC(=O)CCc1nc2ccccc2o1. The lowest BCUT2D eigenvalue weighted by Crippen LogP contribution is -2.41. The summed E-state index contributed by atoms with van der Waals surface area (Å²) < 4.78 is 5.59. The Kier molecular flexibility index (Phi) is 5.35. The molecule has 0 saturated carbocycles. The number of benzene rings is 2. The molecule has 2 amide bonds. The topological polar surface area (TPSA) is 97.1 Å². The van der Waals surface area contributed by atoms with Crippen molar-refractivity contribution in [2.45, 2.75) is 19.8 Å². The summed E-state index contributed by atoms with van der Waals surface area (Å²) in [6.45, 7) is 1.77. The molecule has 8 heteroatoms. The number of oxazole rings is 1. The first-order chi connectivity index (χ1) is 14.1. The number of hydrogen-bond acceptors (Lipinski definition) is 6. The molecule has 0 aliphatic heterocycles. The molecule has 0 spiro atoms. The molecule has 0 unspecified atom stereocenters. The van der Waals surface area contributed by atoms with Crippen LogP contribution in [0.1, 0.15) is 27.7 Å². The van der Waals surface area contributed by atoms with Crippen molar-refractivity contribution in [1.29, 1.82) is 0 Å². The van der Waals surface area contributed by atoms with Gasteiger partial charge in [0, 0.05) is 18.4 Å². The van der Waals surface area contributed by atoms with Crippen LogP contribution < -0.4 is 10.9 Å². The number of carbonyl (C=O) groups excluding carboxylic acids is 2. The number of hydrazine groups is 1. The van der Waals surface area contributed by atoms with Gasteiger partial charge in [0.2, 0.25) is 5.91 Å². The smallest absolute Gasteiger partial charge is 0.281 e. The number of nitrogens with one attached hydrogen (secondary N) is 2. The number of nitrogens with zero attached hydrogens (tertiary/aromatic N) is 2. The van der Waals surface area contributed by atoms with E-state index in [-0.39, 0.29) is 12.3 Å². The summed E-state index contributed by atoms with van der Waals surface area (Å²) in [6.07, 6.45) is 0.484. The number of hydrogen-bond donors (Lipinski definition) is 2. The highest BCUT2D eigenvalue weighted by molar-refractivity contribution is 7.17. The third-order valence-corrected chi connectivity index (χ3v) is 5.45. The predicted octanol–water partition coefficient (Wildman–Crippen LogP) is 3.65. The van der Waals surface area contributed by atoms with Crippen molar-refractivity contribution < 1.29 is 14.0 Å². The Morgan fingerprint density at radius 3 is 2.55 bits per heavy atom. The van der Waals surface area contributed by atoms with E-state index in [1.165, 1.54) is 11.3 Å². The molecular formula is C21H18N4O3S. The summed E-state index contributed by atoms with van der Waals surface area (Å²) in [7, 11) is 0. The zero-order valence-electron chi connectivity index (χ0n) is 15.6. The minimum Gasteiger partial charge on any atom is -0.441 e. The van der Waals surface area contributed by atoms with Gasteiger partial charge in [-0.25, -0.2) is 9.97 Å². The molecule has 2 heterocycles. The van der Waals surface area contributed by atoms with Gasteiger partial charge >= 0.3 is 0 Å². The summed E-state index contributed by atoms with van der Waals surface area (Å²) in [4.78, 5) is 33.7. The van der Waals surface area contributed by atoms with Gasteiger partial charge in [0.15, 0.2) is 11.5 Å². The Morgan fingerprint density at radius 1 is 1.00 bits per heavy atom. The second-order valence-corrected chi connectivity index (χ2v) is 7.38. The molecule has 0 atom stereocenters. The number of para-hydroxylation sites is 2. The Bertz CT molecular complexity index is 1130. The van der Waals surface area contributed by atoms with Crippen molar-refractivity contribution in [3.63, 3.8) is 0 Å². The first kappa shape index (κ1) is 18.8. The van der Waals surface area contributed by atoms with E-state index in [1.807, 2.05) is 54.6 Å². The summed E-state index contributed by atoms with van der Waals surface area (Å²) >= 11 is 1.29. The van der Waals surface area contributed by atoms with Crippen LogP contribution in [0.25, 0.3) is 21.7 Å². The molecule has 2 N–H and O–H groups in total. The fourth-order valence-corrected chi connectivity index (χ4v) is 3.77. The number of thiazole rings is 1. The van der Waals surface area contributed by atoms with Crippen LogP contribution in [0.2, 0.25) is 0 Å². The maximum atomic E-state index is 12.4. The van der Waals surface area contributed by atoms with Gasteiger partial charge in [-0.1, -0.05) is 42.5 Å². The summed E-state index contributed by atoms with van der Waals surface area (Å²) in [5.74, 6) is -0.234. The first-order valence-corrected chi connectivity index (χ1v) is 9.88. The van der Waals surface area contributed by atoms with Gasteiger partial charge in [0.1, 0.15) is 15.4 Å². The highest BCUT2D eigenvalue weighted by atomic mass is 32.1. The number of aryl methyl sites for hydroxylation is 2. The lowest BCUT2D eigenvalue weighted by molar-refractivity contribution is -0.121. The minimum absolute atomic E-state index is 0.143. The van der Waals surface area contributed by atoms with Crippen LogP contribution in [0.3, 0.4) is 0 Å². The molecule has 146 valence electrons. The Hall–Kier alpha value is -3.52. The first-order valence-electron chi connectivity index (χ1n) is 9.06. The van der Waals surface area contributed by atoms with Crippen LogP contribution in [0, 0.1) is 6.92 Å². The minimum atomic E-state index is -0.391. The number of fused-ring (bicyclic) bond motifs is 1. The van der Waals surface area contributed by atoms with E-state index < -0.39 is 5.91 Å². The fourth-order valence-electron chi connectivity index (χ4n) is 2.80. The van der Waals surface area contributed by atoms with Crippen LogP contribution in [0.4, 0.5) is 0 Å². The second kappa shape index (κ2) is 8.24. The third kappa shape index (κ3) is 4.33. The molecule has 29 heavy (non-hydrogen) atoms. The second-order valence-electron chi connectivity index (χ2n) is 6.38. The average Bonchev–Trinajstić information content (AvgIpc) is 3.34. The van der Waals surface area contributed by atoms with Gasteiger partial charge in [0.05, 0.1) is 5.69 Å². The number of aromatic nitrogens is 2. The van der Waals surface area contributed by atoms with Crippen molar-refractivity contribution in [2.75, 3.05) is 0 Å². The highest BCUT2D eigenvalue weighted by Crippen LogP contribution is 2.27. The molecule has 4 aromatic rings. The van der Waals surface area contributed by atoms with Crippen LogP contribution in [0.15, 0.2) is 59.0 Å². The normalized spacial score (nSPS) is 10.8. The van der Waals surface area contributed by atoms with E-state index >= 15 is 0 Å². The molecule has 4 rings (SSSR count). The van der Waals surface area contributed by atoms with Crippen molar-refractivity contribution in [2.24, 2.45) is 0 Å². The van der Waals surface area contributed by atoms with E-state index in [9.17, 15) is 9.59 Å². The Labute approximate surface area is 170 Å². The lowest BCUT2D eigenvalue weighted by atomic mass is 10.2. The Balaban J connectivity index is 1.32. The molecule has 2 aromatic carbocycles. The fraction of sp³-hybridized carbons (Fsp3) is 0.143. The van der Waals surface area contributed by atoms with E-state index in [2.05, 4.69) is 20.8 Å². The van der Waals surface area contributed by atoms with Gasteiger partial charge in [-0.3, -0.25) is 20.4 Å². The predicted molar refractivity (Wildman–Crippen MR) is 110 cm³/mol.